The molecule has 0 atom stereocenters. The maximum absolute atomic E-state index is 12.3. The first kappa shape index (κ1) is 19.2. The predicted octanol–water partition coefficient (Wildman–Crippen LogP) is 6.13. The number of unbranched alkanes of at least 4 members (excludes halogenated alkanes) is 9. The van der Waals surface area contributed by atoms with Crippen LogP contribution in [0.3, 0.4) is 0 Å². The summed E-state index contributed by atoms with van der Waals surface area (Å²) >= 11 is 1.54. The lowest BCUT2D eigenvalue weighted by atomic mass is 10.1. The third-order valence-electron chi connectivity index (χ3n) is 4.18. The summed E-state index contributed by atoms with van der Waals surface area (Å²) in [6.07, 6.45) is 13.4. The van der Waals surface area contributed by atoms with Gasteiger partial charge in [-0.25, -0.2) is 0 Å². The molecule has 1 heterocycles. The van der Waals surface area contributed by atoms with E-state index in [-0.39, 0.29) is 5.91 Å². The molecule has 126 valence electrons. The molecule has 3 heteroatoms. The summed E-state index contributed by atoms with van der Waals surface area (Å²) in [5.74, 6) is 0.202. The molecule has 0 N–H and O–H groups in total. The first-order chi connectivity index (χ1) is 10.8. The summed E-state index contributed by atoms with van der Waals surface area (Å²) in [7, 11) is 0. The van der Waals surface area contributed by atoms with Crippen LogP contribution >= 0.6 is 11.3 Å². The Hall–Kier alpha value is -0.830. The summed E-state index contributed by atoms with van der Waals surface area (Å²) in [4.78, 5) is 15.1. The maximum atomic E-state index is 12.3. The minimum Gasteiger partial charge on any atom is -0.338 e. The number of carbonyl (C=O) groups is 1. The van der Waals surface area contributed by atoms with Gasteiger partial charge in [0.15, 0.2) is 0 Å². The van der Waals surface area contributed by atoms with Crippen molar-refractivity contribution in [2.45, 2.75) is 78.1 Å². The number of carbonyl (C=O) groups excluding carboxylic acids is 1. The summed E-state index contributed by atoms with van der Waals surface area (Å²) < 4.78 is 0. The van der Waals surface area contributed by atoms with Crippen LogP contribution in [0.2, 0.25) is 0 Å². The molecule has 0 radical (unpaired) electrons. The molecular weight excluding hydrogens is 290 g/mol. The van der Waals surface area contributed by atoms with Gasteiger partial charge in [0.05, 0.1) is 4.88 Å². The van der Waals surface area contributed by atoms with E-state index in [1.807, 2.05) is 22.4 Å². The SMILES string of the molecule is CCCCCCCCCCCCN(CC)C(=O)c1cccs1. The molecule has 1 amide bonds. The van der Waals surface area contributed by atoms with Crippen LogP contribution in [0.5, 0.6) is 0 Å². The third-order valence-corrected chi connectivity index (χ3v) is 5.04. The zero-order valence-corrected chi connectivity index (χ0v) is 15.3. The number of rotatable bonds is 13. The molecule has 0 aliphatic rings. The molecule has 0 saturated heterocycles. The van der Waals surface area contributed by atoms with E-state index in [4.69, 9.17) is 0 Å². The predicted molar refractivity (Wildman–Crippen MR) is 97.7 cm³/mol. The Morgan fingerprint density at radius 1 is 0.955 bits per heavy atom. The molecular formula is C19H33NOS. The van der Waals surface area contributed by atoms with Gasteiger partial charge in [-0.1, -0.05) is 70.8 Å². The average molecular weight is 324 g/mol. The van der Waals surface area contributed by atoms with E-state index in [2.05, 4.69) is 13.8 Å². The van der Waals surface area contributed by atoms with Gasteiger partial charge in [0.2, 0.25) is 0 Å². The van der Waals surface area contributed by atoms with E-state index in [9.17, 15) is 4.79 Å². The van der Waals surface area contributed by atoms with Crippen LogP contribution in [0.15, 0.2) is 17.5 Å². The van der Waals surface area contributed by atoms with Gasteiger partial charge in [-0.05, 0) is 24.8 Å². The molecule has 0 spiro atoms. The minimum absolute atomic E-state index is 0.202. The van der Waals surface area contributed by atoms with Crippen molar-refractivity contribution in [3.63, 3.8) is 0 Å². The standard InChI is InChI=1S/C19H33NOS/c1-3-5-6-7-8-9-10-11-12-13-16-20(4-2)19(21)18-15-14-17-22-18/h14-15,17H,3-13,16H2,1-2H3. The number of amides is 1. The Balaban J connectivity index is 2.02. The molecule has 22 heavy (non-hydrogen) atoms. The zero-order chi connectivity index (χ0) is 16.0. The van der Waals surface area contributed by atoms with Crippen LogP contribution < -0.4 is 0 Å². The van der Waals surface area contributed by atoms with Crippen molar-refractivity contribution in [2.75, 3.05) is 13.1 Å². The van der Waals surface area contributed by atoms with Gasteiger partial charge in [0.1, 0.15) is 0 Å². The first-order valence-corrected chi connectivity index (χ1v) is 10.00. The summed E-state index contributed by atoms with van der Waals surface area (Å²) in [6, 6.07) is 3.88. The smallest absolute Gasteiger partial charge is 0.263 e. The van der Waals surface area contributed by atoms with Crippen LogP contribution in [-0.2, 0) is 0 Å². The number of hydrogen-bond acceptors (Lipinski definition) is 2. The van der Waals surface area contributed by atoms with Crippen LogP contribution in [0.1, 0.15) is 87.7 Å². The third kappa shape index (κ3) is 7.98. The van der Waals surface area contributed by atoms with E-state index >= 15 is 0 Å². The highest BCUT2D eigenvalue weighted by atomic mass is 32.1. The Kier molecular flexibility index (Phi) is 11.1. The normalized spacial score (nSPS) is 10.8. The summed E-state index contributed by atoms with van der Waals surface area (Å²) in [5.41, 5.74) is 0. The maximum Gasteiger partial charge on any atom is 0.263 e. The van der Waals surface area contributed by atoms with E-state index in [0.29, 0.717) is 0 Å². The lowest BCUT2D eigenvalue weighted by Gasteiger charge is -2.20. The molecule has 0 aliphatic heterocycles. The lowest BCUT2D eigenvalue weighted by Crippen LogP contribution is -2.31. The van der Waals surface area contributed by atoms with Gasteiger partial charge in [-0.2, -0.15) is 0 Å². The lowest BCUT2D eigenvalue weighted by molar-refractivity contribution is 0.0766. The molecule has 1 aromatic rings. The topological polar surface area (TPSA) is 20.3 Å². The van der Waals surface area contributed by atoms with Crippen molar-refractivity contribution in [2.24, 2.45) is 0 Å². The van der Waals surface area contributed by atoms with Gasteiger partial charge < -0.3 is 4.90 Å². The van der Waals surface area contributed by atoms with Crippen LogP contribution in [0.25, 0.3) is 0 Å². The number of hydrogen-bond donors (Lipinski definition) is 0. The minimum atomic E-state index is 0.202. The Bertz CT molecular complexity index is 375. The number of nitrogens with zero attached hydrogens (tertiary/aromatic N) is 1. The van der Waals surface area contributed by atoms with Crippen molar-refractivity contribution in [3.8, 4) is 0 Å². The van der Waals surface area contributed by atoms with E-state index in [1.54, 1.807) is 11.3 Å². The highest BCUT2D eigenvalue weighted by molar-refractivity contribution is 7.12. The Morgan fingerprint density at radius 3 is 2.05 bits per heavy atom. The molecule has 0 bridgehead atoms. The zero-order valence-electron chi connectivity index (χ0n) is 14.5. The van der Waals surface area contributed by atoms with Crippen molar-refractivity contribution >= 4 is 17.2 Å². The molecule has 0 unspecified atom stereocenters. The van der Waals surface area contributed by atoms with E-state index in [1.165, 1.54) is 57.8 Å². The molecule has 2 nitrogen and oxygen atoms in total. The fourth-order valence-corrected chi connectivity index (χ4v) is 3.44. The summed E-state index contributed by atoms with van der Waals surface area (Å²) in [6.45, 7) is 6.06. The monoisotopic (exact) mass is 323 g/mol. The van der Waals surface area contributed by atoms with Crippen molar-refractivity contribution in [3.05, 3.63) is 22.4 Å². The van der Waals surface area contributed by atoms with E-state index < -0.39 is 0 Å². The van der Waals surface area contributed by atoms with Gasteiger partial charge >= 0.3 is 0 Å². The fourth-order valence-electron chi connectivity index (χ4n) is 2.75. The largest absolute Gasteiger partial charge is 0.338 e. The van der Waals surface area contributed by atoms with Crippen LogP contribution in [0, 0.1) is 0 Å². The van der Waals surface area contributed by atoms with Crippen LogP contribution in [-0.4, -0.2) is 23.9 Å². The second-order valence-electron chi connectivity index (χ2n) is 6.04. The Morgan fingerprint density at radius 2 is 1.55 bits per heavy atom. The van der Waals surface area contributed by atoms with Gasteiger partial charge in [-0.3, -0.25) is 4.79 Å². The summed E-state index contributed by atoms with van der Waals surface area (Å²) in [5, 5.41) is 1.97. The van der Waals surface area contributed by atoms with E-state index in [0.717, 1.165) is 24.4 Å². The number of thiophene rings is 1. The molecule has 1 rings (SSSR count). The van der Waals surface area contributed by atoms with Crippen molar-refractivity contribution < 1.29 is 4.79 Å². The van der Waals surface area contributed by atoms with Gasteiger partial charge in [0, 0.05) is 13.1 Å². The highest BCUT2D eigenvalue weighted by Gasteiger charge is 2.14. The second-order valence-corrected chi connectivity index (χ2v) is 6.99. The van der Waals surface area contributed by atoms with Crippen LogP contribution in [0.4, 0.5) is 0 Å². The van der Waals surface area contributed by atoms with Gasteiger partial charge in [-0.15, -0.1) is 11.3 Å². The van der Waals surface area contributed by atoms with Gasteiger partial charge in [0.25, 0.3) is 5.91 Å². The van der Waals surface area contributed by atoms with Crippen molar-refractivity contribution in [1.29, 1.82) is 0 Å². The Labute approximate surface area is 140 Å². The molecule has 0 fully saturated rings. The van der Waals surface area contributed by atoms with Crippen molar-refractivity contribution in [1.82, 2.24) is 4.90 Å². The molecule has 1 aromatic heterocycles. The molecule has 0 saturated carbocycles. The first-order valence-electron chi connectivity index (χ1n) is 9.12. The average Bonchev–Trinajstić information content (AvgIpc) is 3.06. The molecule has 0 aliphatic carbocycles. The molecule has 0 aromatic carbocycles. The fraction of sp³-hybridized carbons (Fsp3) is 0.737. The highest BCUT2D eigenvalue weighted by Crippen LogP contribution is 2.14. The second kappa shape index (κ2) is 12.7. The quantitative estimate of drug-likeness (QED) is 0.400.